The summed E-state index contributed by atoms with van der Waals surface area (Å²) < 4.78 is 4.55. The molecular formula is C8H8O2S. The van der Waals surface area contributed by atoms with E-state index in [0.717, 1.165) is 0 Å². The molecular weight excluding hydrogens is 160 g/mol. The Morgan fingerprint density at radius 2 is 2.55 bits per heavy atom. The van der Waals surface area contributed by atoms with Crippen molar-refractivity contribution in [2.45, 2.75) is 0 Å². The summed E-state index contributed by atoms with van der Waals surface area (Å²) in [5.74, 6) is -0.666. The normalized spacial score (nSPS) is 21.3. The van der Waals surface area contributed by atoms with Crippen LogP contribution in [0.25, 0.3) is 0 Å². The van der Waals surface area contributed by atoms with Crippen LogP contribution in [-0.4, -0.2) is 13.1 Å². The van der Waals surface area contributed by atoms with E-state index in [1.807, 2.05) is 0 Å². The fraction of sp³-hybridized carbons (Fsp3) is 0.250. The Morgan fingerprint density at radius 1 is 1.82 bits per heavy atom. The van der Waals surface area contributed by atoms with Crippen LogP contribution >= 0.6 is 12.6 Å². The van der Waals surface area contributed by atoms with Gasteiger partial charge in [0.1, 0.15) is 5.92 Å². The van der Waals surface area contributed by atoms with E-state index in [1.54, 1.807) is 18.2 Å². The van der Waals surface area contributed by atoms with E-state index in [9.17, 15) is 4.79 Å². The first kappa shape index (κ1) is 8.18. The van der Waals surface area contributed by atoms with Crippen molar-refractivity contribution in [3.8, 4) is 0 Å². The third-order valence-electron chi connectivity index (χ3n) is 1.39. The van der Waals surface area contributed by atoms with E-state index in [1.165, 1.54) is 7.11 Å². The van der Waals surface area contributed by atoms with Crippen molar-refractivity contribution in [2.75, 3.05) is 7.11 Å². The first-order valence-corrected chi connectivity index (χ1v) is 3.60. The molecule has 0 aliphatic heterocycles. The molecule has 11 heavy (non-hydrogen) atoms. The summed E-state index contributed by atoms with van der Waals surface area (Å²) in [6.07, 6.45) is 5.07. The van der Waals surface area contributed by atoms with Crippen LogP contribution in [0.2, 0.25) is 0 Å². The standard InChI is InChI=1S/C8H8O2S/c1-10-8(9)6-4-2-3-5-7(6)11/h3-6,11H,1H3. The maximum absolute atomic E-state index is 11.0. The molecule has 0 bridgehead atoms. The summed E-state index contributed by atoms with van der Waals surface area (Å²) in [7, 11) is 1.36. The molecule has 0 saturated heterocycles. The van der Waals surface area contributed by atoms with E-state index < -0.39 is 0 Å². The van der Waals surface area contributed by atoms with Crippen molar-refractivity contribution in [1.29, 1.82) is 0 Å². The van der Waals surface area contributed by atoms with Gasteiger partial charge in [-0.1, -0.05) is 0 Å². The highest BCUT2D eigenvalue weighted by Gasteiger charge is 2.18. The Bertz CT molecular complexity index is 259. The number of hydrogen-bond acceptors (Lipinski definition) is 3. The van der Waals surface area contributed by atoms with E-state index in [-0.39, 0.29) is 11.9 Å². The Hall–Kier alpha value is -0.920. The molecule has 1 atom stereocenters. The Morgan fingerprint density at radius 3 is 3.09 bits per heavy atom. The zero-order valence-corrected chi connectivity index (χ0v) is 6.97. The maximum Gasteiger partial charge on any atom is 0.318 e. The molecule has 1 rings (SSSR count). The highest BCUT2D eigenvalue weighted by molar-refractivity contribution is 7.84. The topological polar surface area (TPSA) is 26.3 Å². The van der Waals surface area contributed by atoms with Gasteiger partial charge in [0.15, 0.2) is 0 Å². The van der Waals surface area contributed by atoms with Crippen LogP contribution in [0.1, 0.15) is 0 Å². The number of carbonyl (C=O) groups is 1. The van der Waals surface area contributed by atoms with Crippen molar-refractivity contribution < 1.29 is 9.53 Å². The molecule has 0 radical (unpaired) electrons. The second-order valence-corrected chi connectivity index (χ2v) is 2.61. The average molecular weight is 168 g/mol. The molecule has 0 aromatic carbocycles. The van der Waals surface area contributed by atoms with Gasteiger partial charge in [0.25, 0.3) is 0 Å². The summed E-state index contributed by atoms with van der Waals surface area (Å²) in [6.45, 7) is 0. The third-order valence-corrected chi connectivity index (χ3v) is 1.81. The van der Waals surface area contributed by atoms with Gasteiger partial charge in [0.05, 0.1) is 7.11 Å². The first-order chi connectivity index (χ1) is 5.25. The molecule has 2 nitrogen and oxygen atoms in total. The minimum absolute atomic E-state index is 0.299. The lowest BCUT2D eigenvalue weighted by molar-refractivity contribution is -0.142. The number of esters is 1. The van der Waals surface area contributed by atoms with E-state index in [2.05, 4.69) is 23.1 Å². The molecule has 0 spiro atoms. The predicted molar refractivity (Wildman–Crippen MR) is 45.2 cm³/mol. The van der Waals surface area contributed by atoms with E-state index in [4.69, 9.17) is 0 Å². The second-order valence-electron chi connectivity index (χ2n) is 2.09. The van der Waals surface area contributed by atoms with Gasteiger partial charge < -0.3 is 4.74 Å². The molecule has 0 heterocycles. The summed E-state index contributed by atoms with van der Waals surface area (Å²) in [5.41, 5.74) is 2.80. The van der Waals surface area contributed by atoms with Gasteiger partial charge in [-0.05, 0) is 18.2 Å². The van der Waals surface area contributed by atoms with Crippen molar-refractivity contribution >= 4 is 18.6 Å². The molecule has 0 aromatic rings. The molecule has 0 amide bonds. The van der Waals surface area contributed by atoms with Crippen LogP contribution in [0.5, 0.6) is 0 Å². The fourth-order valence-corrected chi connectivity index (χ4v) is 1.04. The van der Waals surface area contributed by atoms with Gasteiger partial charge in [-0.15, -0.1) is 18.4 Å². The maximum atomic E-state index is 11.0. The first-order valence-electron chi connectivity index (χ1n) is 3.15. The molecule has 1 aliphatic carbocycles. The highest BCUT2D eigenvalue weighted by Crippen LogP contribution is 2.19. The smallest absolute Gasteiger partial charge is 0.318 e. The number of thiol groups is 1. The minimum Gasteiger partial charge on any atom is -0.468 e. The zero-order valence-electron chi connectivity index (χ0n) is 6.07. The summed E-state index contributed by atoms with van der Waals surface area (Å²) >= 11 is 4.11. The van der Waals surface area contributed by atoms with Crippen molar-refractivity contribution in [1.82, 2.24) is 0 Å². The van der Waals surface area contributed by atoms with Crippen LogP contribution in [0.4, 0.5) is 0 Å². The monoisotopic (exact) mass is 168 g/mol. The van der Waals surface area contributed by atoms with Gasteiger partial charge >= 0.3 is 5.97 Å². The zero-order chi connectivity index (χ0) is 8.27. The van der Waals surface area contributed by atoms with Gasteiger partial charge in [-0.2, -0.15) is 0 Å². The van der Waals surface area contributed by atoms with Crippen LogP contribution in [-0.2, 0) is 9.53 Å². The van der Waals surface area contributed by atoms with Gasteiger partial charge in [0, 0.05) is 4.91 Å². The molecule has 1 aliphatic rings. The fourth-order valence-electron chi connectivity index (χ4n) is 0.790. The Balaban J connectivity index is 2.82. The van der Waals surface area contributed by atoms with Crippen LogP contribution in [0.3, 0.4) is 0 Å². The molecule has 0 N–H and O–H groups in total. The number of rotatable bonds is 1. The lowest BCUT2D eigenvalue weighted by atomic mass is 10.1. The second kappa shape index (κ2) is 3.46. The number of allylic oxidation sites excluding steroid dienone is 1. The van der Waals surface area contributed by atoms with Gasteiger partial charge in [-0.3, -0.25) is 4.79 Å². The summed E-state index contributed by atoms with van der Waals surface area (Å²) in [5, 5.41) is 0. The number of carbonyl (C=O) groups excluding carboxylic acids is 1. The summed E-state index contributed by atoms with van der Waals surface area (Å²) in [6, 6.07) is 0. The quantitative estimate of drug-likeness (QED) is 0.363. The van der Waals surface area contributed by atoms with Crippen molar-refractivity contribution in [3.05, 3.63) is 28.9 Å². The van der Waals surface area contributed by atoms with Crippen molar-refractivity contribution in [3.63, 3.8) is 0 Å². The lowest BCUT2D eigenvalue weighted by Gasteiger charge is -2.09. The van der Waals surface area contributed by atoms with Gasteiger partial charge in [0.2, 0.25) is 0 Å². The van der Waals surface area contributed by atoms with Crippen LogP contribution in [0, 0.1) is 5.92 Å². The Kier molecular flexibility index (Phi) is 2.58. The van der Waals surface area contributed by atoms with E-state index >= 15 is 0 Å². The van der Waals surface area contributed by atoms with Crippen LogP contribution < -0.4 is 0 Å². The molecule has 0 saturated carbocycles. The van der Waals surface area contributed by atoms with E-state index in [0.29, 0.717) is 4.91 Å². The molecule has 0 fully saturated rings. The third kappa shape index (κ3) is 1.76. The average Bonchev–Trinajstić information content (AvgIpc) is 2.04. The molecule has 1 unspecified atom stereocenters. The van der Waals surface area contributed by atoms with Crippen molar-refractivity contribution in [2.24, 2.45) is 5.92 Å². The minimum atomic E-state index is -0.367. The largest absolute Gasteiger partial charge is 0.468 e. The highest BCUT2D eigenvalue weighted by atomic mass is 32.1. The van der Waals surface area contributed by atoms with Gasteiger partial charge in [-0.25, -0.2) is 0 Å². The molecule has 0 aromatic heterocycles. The predicted octanol–water partition coefficient (Wildman–Crippen LogP) is 1.31. The molecule has 58 valence electrons. The number of hydrogen-bond donors (Lipinski definition) is 1. The summed E-state index contributed by atoms with van der Waals surface area (Å²) in [4.78, 5) is 11.7. The van der Waals surface area contributed by atoms with Crippen LogP contribution in [0.15, 0.2) is 28.9 Å². The lowest BCUT2D eigenvalue weighted by Crippen LogP contribution is -2.14. The number of methoxy groups -OCH3 is 1. The molecule has 3 heteroatoms. The Labute approximate surface area is 70.6 Å². The number of ether oxygens (including phenoxy) is 1. The SMILES string of the molecule is COC(=O)C1C=C=CC=C1S.